The maximum atomic E-state index is 14.1. The van der Waals surface area contributed by atoms with Crippen molar-refractivity contribution >= 4 is 27.0 Å². The van der Waals surface area contributed by atoms with Crippen molar-refractivity contribution in [2.24, 2.45) is 0 Å². The van der Waals surface area contributed by atoms with E-state index in [1.165, 1.54) is 47.8 Å². The summed E-state index contributed by atoms with van der Waals surface area (Å²) in [6, 6.07) is 11.6. The van der Waals surface area contributed by atoms with Gasteiger partial charge in [-0.2, -0.15) is 26.3 Å². The summed E-state index contributed by atoms with van der Waals surface area (Å²) in [5.74, 6) is -0.530. The summed E-state index contributed by atoms with van der Waals surface area (Å²) in [5.41, 5.74) is -3.07. The third kappa shape index (κ3) is 5.36. The minimum absolute atomic E-state index is 0.124. The van der Waals surface area contributed by atoms with Crippen molar-refractivity contribution in [3.63, 3.8) is 0 Å². The first kappa shape index (κ1) is 25.6. The van der Waals surface area contributed by atoms with Crippen LogP contribution in [0.2, 0.25) is 0 Å². The SMILES string of the molecule is O=S(=O)(Nc1ccccc1-c1csc(-c2ccccc2F)n1)c1cc(C(F)(F)F)cc(C(F)(F)F)c1. The van der Waals surface area contributed by atoms with E-state index in [2.05, 4.69) is 4.98 Å². The van der Waals surface area contributed by atoms with E-state index in [1.54, 1.807) is 6.07 Å². The van der Waals surface area contributed by atoms with Gasteiger partial charge in [0, 0.05) is 16.5 Å². The lowest BCUT2D eigenvalue weighted by molar-refractivity contribution is -0.143. The Morgan fingerprint density at radius 2 is 1.33 bits per heavy atom. The molecule has 36 heavy (non-hydrogen) atoms. The van der Waals surface area contributed by atoms with Crippen LogP contribution in [0.5, 0.6) is 0 Å². The van der Waals surface area contributed by atoms with Crippen LogP contribution in [-0.4, -0.2) is 13.4 Å². The third-order valence-corrected chi connectivity index (χ3v) is 7.15. The summed E-state index contributed by atoms with van der Waals surface area (Å²) in [6.07, 6.45) is -10.4. The first-order chi connectivity index (χ1) is 16.8. The lowest BCUT2D eigenvalue weighted by Gasteiger charge is -2.16. The van der Waals surface area contributed by atoms with Gasteiger partial charge in [0.05, 0.1) is 27.4 Å². The van der Waals surface area contributed by atoms with Gasteiger partial charge in [0.15, 0.2) is 0 Å². The molecule has 1 N–H and O–H groups in total. The Bertz CT molecular complexity index is 1500. The second-order valence-corrected chi connectivity index (χ2v) is 9.95. The topological polar surface area (TPSA) is 59.1 Å². The number of anilines is 1. The number of benzene rings is 3. The smallest absolute Gasteiger partial charge is 0.279 e. The fourth-order valence-electron chi connectivity index (χ4n) is 3.24. The Morgan fingerprint density at radius 1 is 0.778 bits per heavy atom. The highest BCUT2D eigenvalue weighted by atomic mass is 32.2. The van der Waals surface area contributed by atoms with E-state index in [9.17, 15) is 39.2 Å². The molecule has 0 fully saturated rings. The number of thiazole rings is 1. The van der Waals surface area contributed by atoms with Crippen molar-refractivity contribution in [3.8, 4) is 21.8 Å². The minimum Gasteiger partial charge on any atom is -0.279 e. The number of hydrogen-bond donors (Lipinski definition) is 1. The lowest BCUT2D eigenvalue weighted by Crippen LogP contribution is -2.17. The van der Waals surface area contributed by atoms with Crippen LogP contribution in [0.15, 0.2) is 77.0 Å². The Balaban J connectivity index is 1.75. The second-order valence-electron chi connectivity index (χ2n) is 7.41. The van der Waals surface area contributed by atoms with Gasteiger partial charge in [-0.05, 0) is 36.4 Å². The number of alkyl halides is 6. The highest BCUT2D eigenvalue weighted by Crippen LogP contribution is 2.38. The molecule has 0 unspecified atom stereocenters. The predicted octanol–water partition coefficient (Wildman–Crippen LogP) is 7.45. The monoisotopic (exact) mass is 546 g/mol. The molecule has 0 saturated carbocycles. The van der Waals surface area contributed by atoms with E-state index in [-0.39, 0.29) is 45.7 Å². The van der Waals surface area contributed by atoms with E-state index >= 15 is 0 Å². The molecule has 0 saturated heterocycles. The molecule has 4 aromatic rings. The highest BCUT2D eigenvalue weighted by Gasteiger charge is 2.38. The zero-order chi connectivity index (χ0) is 26.3. The van der Waals surface area contributed by atoms with Crippen molar-refractivity contribution in [2.75, 3.05) is 4.72 Å². The normalized spacial score (nSPS) is 12.5. The maximum absolute atomic E-state index is 14.1. The first-order valence-corrected chi connectivity index (χ1v) is 12.2. The average Bonchev–Trinajstić information content (AvgIpc) is 3.28. The van der Waals surface area contributed by atoms with Crippen LogP contribution < -0.4 is 4.72 Å². The van der Waals surface area contributed by atoms with Gasteiger partial charge < -0.3 is 0 Å². The molecule has 0 aliphatic carbocycles. The molecule has 1 heterocycles. The van der Waals surface area contributed by atoms with Gasteiger partial charge in [-0.15, -0.1) is 11.3 Å². The Morgan fingerprint density at radius 3 is 1.92 bits per heavy atom. The van der Waals surface area contributed by atoms with E-state index in [0.717, 1.165) is 11.3 Å². The van der Waals surface area contributed by atoms with Crippen molar-refractivity contribution in [1.82, 2.24) is 4.98 Å². The van der Waals surface area contributed by atoms with Crippen molar-refractivity contribution in [3.05, 3.63) is 89.1 Å². The van der Waals surface area contributed by atoms with Crippen LogP contribution in [0.25, 0.3) is 21.8 Å². The zero-order valence-electron chi connectivity index (χ0n) is 17.7. The standard InChI is InChI=1S/C23H13F7N2O2S2/c24-18-7-3-1-5-16(18)21-31-20(12-35-21)17-6-2-4-8-19(17)32-36(33,34)15-10-13(22(25,26)27)9-14(11-15)23(28,29)30/h1-12,32H. The molecule has 1 aromatic heterocycles. The van der Waals surface area contributed by atoms with E-state index in [1.807, 2.05) is 4.72 Å². The molecule has 3 aromatic carbocycles. The van der Waals surface area contributed by atoms with E-state index in [4.69, 9.17) is 0 Å². The molecule has 188 valence electrons. The van der Waals surface area contributed by atoms with Crippen molar-refractivity contribution in [2.45, 2.75) is 17.2 Å². The molecular weight excluding hydrogens is 533 g/mol. The number of aromatic nitrogens is 1. The molecule has 4 nitrogen and oxygen atoms in total. The number of hydrogen-bond acceptors (Lipinski definition) is 4. The highest BCUT2D eigenvalue weighted by molar-refractivity contribution is 7.92. The second kappa shape index (κ2) is 9.21. The molecule has 13 heteroatoms. The molecule has 0 aliphatic rings. The number of rotatable bonds is 5. The average molecular weight is 546 g/mol. The summed E-state index contributed by atoms with van der Waals surface area (Å²) < 4.78 is 121. The molecular formula is C23H13F7N2O2S2. The number of sulfonamides is 1. The lowest BCUT2D eigenvalue weighted by atomic mass is 10.1. The number of halogens is 7. The Kier molecular flexibility index (Phi) is 6.56. The summed E-state index contributed by atoms with van der Waals surface area (Å²) in [6.45, 7) is 0. The third-order valence-electron chi connectivity index (χ3n) is 4.93. The van der Waals surface area contributed by atoms with Gasteiger partial charge in [-0.3, -0.25) is 4.72 Å². The summed E-state index contributed by atoms with van der Waals surface area (Å²) in [7, 11) is -4.90. The van der Waals surface area contributed by atoms with Gasteiger partial charge in [-0.25, -0.2) is 17.8 Å². The summed E-state index contributed by atoms with van der Waals surface area (Å²) in [4.78, 5) is 3.10. The number of para-hydroxylation sites is 1. The minimum atomic E-state index is -5.22. The van der Waals surface area contributed by atoms with Gasteiger partial charge in [0.1, 0.15) is 10.8 Å². The summed E-state index contributed by atoms with van der Waals surface area (Å²) in [5, 5.41) is 1.80. The fourth-order valence-corrected chi connectivity index (χ4v) is 5.23. The first-order valence-electron chi connectivity index (χ1n) is 9.88. The predicted molar refractivity (Wildman–Crippen MR) is 120 cm³/mol. The van der Waals surface area contributed by atoms with Gasteiger partial charge >= 0.3 is 12.4 Å². The van der Waals surface area contributed by atoms with Crippen molar-refractivity contribution in [1.29, 1.82) is 0 Å². The molecule has 0 spiro atoms. The Labute approximate surface area is 204 Å². The van der Waals surface area contributed by atoms with Gasteiger partial charge in [0.25, 0.3) is 10.0 Å². The maximum Gasteiger partial charge on any atom is 0.416 e. The largest absolute Gasteiger partial charge is 0.416 e. The number of nitrogens with one attached hydrogen (secondary N) is 1. The molecule has 0 amide bonds. The van der Waals surface area contributed by atoms with Gasteiger partial charge in [-0.1, -0.05) is 30.3 Å². The van der Waals surface area contributed by atoms with E-state index < -0.39 is 44.2 Å². The quantitative estimate of drug-likeness (QED) is 0.265. The Hall–Kier alpha value is -3.45. The van der Waals surface area contributed by atoms with Crippen LogP contribution >= 0.6 is 11.3 Å². The van der Waals surface area contributed by atoms with E-state index in [0.29, 0.717) is 0 Å². The van der Waals surface area contributed by atoms with Crippen LogP contribution in [0.3, 0.4) is 0 Å². The zero-order valence-corrected chi connectivity index (χ0v) is 19.3. The van der Waals surface area contributed by atoms with Crippen LogP contribution in [0.1, 0.15) is 11.1 Å². The van der Waals surface area contributed by atoms with Crippen LogP contribution in [-0.2, 0) is 22.4 Å². The molecule has 0 atom stereocenters. The molecule has 4 rings (SSSR count). The fraction of sp³-hybridized carbons (Fsp3) is 0.0870. The molecule has 0 radical (unpaired) electrons. The molecule has 0 aliphatic heterocycles. The van der Waals surface area contributed by atoms with Crippen LogP contribution in [0, 0.1) is 5.82 Å². The van der Waals surface area contributed by atoms with Crippen LogP contribution in [0.4, 0.5) is 36.4 Å². The number of nitrogens with zero attached hydrogens (tertiary/aromatic N) is 1. The van der Waals surface area contributed by atoms with Crippen molar-refractivity contribution < 1.29 is 39.2 Å². The molecule has 0 bridgehead atoms. The summed E-state index contributed by atoms with van der Waals surface area (Å²) >= 11 is 1.07. The van der Waals surface area contributed by atoms with Gasteiger partial charge in [0.2, 0.25) is 0 Å².